The summed E-state index contributed by atoms with van der Waals surface area (Å²) in [6.07, 6.45) is 0. The molecule has 112 valence electrons. The van der Waals surface area contributed by atoms with Crippen LogP contribution in [-0.2, 0) is 6.61 Å². The van der Waals surface area contributed by atoms with Crippen LogP contribution in [0.25, 0.3) is 0 Å². The molecule has 0 amide bonds. The van der Waals surface area contributed by atoms with Gasteiger partial charge in [0.15, 0.2) is 11.5 Å². The number of halogens is 1. The van der Waals surface area contributed by atoms with Crippen LogP contribution in [0.1, 0.15) is 11.1 Å². The zero-order chi connectivity index (χ0) is 16.1. The largest absolute Gasteiger partial charge is 0.493 e. The van der Waals surface area contributed by atoms with Crippen molar-refractivity contribution in [3.05, 3.63) is 62.7 Å². The van der Waals surface area contributed by atoms with E-state index < -0.39 is 4.92 Å². The van der Waals surface area contributed by atoms with E-state index in [1.165, 1.54) is 19.2 Å². The van der Waals surface area contributed by atoms with E-state index in [1.54, 1.807) is 24.3 Å². The Labute approximate surface area is 131 Å². The van der Waals surface area contributed by atoms with Gasteiger partial charge in [0.25, 0.3) is 5.69 Å². The second-order valence-electron chi connectivity index (χ2n) is 4.31. The fourth-order valence-corrected chi connectivity index (χ4v) is 1.99. The smallest absolute Gasteiger partial charge is 0.288 e. The topological polar surface area (TPSA) is 85.4 Å². The Bertz CT molecular complexity index is 756. The third kappa shape index (κ3) is 3.45. The molecule has 7 heteroatoms. The van der Waals surface area contributed by atoms with Crippen molar-refractivity contribution in [1.29, 1.82) is 5.26 Å². The lowest BCUT2D eigenvalue weighted by atomic mass is 10.2. The molecule has 0 saturated carbocycles. The first-order valence-corrected chi connectivity index (χ1v) is 6.56. The van der Waals surface area contributed by atoms with Gasteiger partial charge in [-0.05, 0) is 23.8 Å². The van der Waals surface area contributed by atoms with Crippen molar-refractivity contribution in [2.75, 3.05) is 7.11 Å². The lowest BCUT2D eigenvalue weighted by Gasteiger charge is -2.11. The van der Waals surface area contributed by atoms with Gasteiger partial charge in [-0.1, -0.05) is 17.7 Å². The minimum absolute atomic E-state index is 0.0738. The highest BCUT2D eigenvalue weighted by Crippen LogP contribution is 2.30. The number of rotatable bonds is 5. The van der Waals surface area contributed by atoms with Gasteiger partial charge in [-0.25, -0.2) is 0 Å². The Morgan fingerprint density at radius 2 is 2.05 bits per heavy atom. The zero-order valence-corrected chi connectivity index (χ0v) is 12.3. The summed E-state index contributed by atoms with van der Waals surface area (Å²) in [4.78, 5) is 10.3. The van der Waals surface area contributed by atoms with Crippen LogP contribution in [0.4, 0.5) is 5.69 Å². The standard InChI is InChI=1S/C15H11ClN2O4/c1-21-15-7-10(8-17)3-5-14(15)22-9-11-2-4-12(16)13(6-11)18(19)20/h2-7H,9H2,1H3. The molecule has 0 atom stereocenters. The first-order chi connectivity index (χ1) is 10.5. The molecule has 2 aromatic carbocycles. The number of hydrogen-bond acceptors (Lipinski definition) is 5. The molecule has 2 rings (SSSR count). The summed E-state index contributed by atoms with van der Waals surface area (Å²) in [5.41, 5.74) is 0.878. The summed E-state index contributed by atoms with van der Waals surface area (Å²) in [5, 5.41) is 19.8. The molecule has 6 nitrogen and oxygen atoms in total. The van der Waals surface area contributed by atoms with E-state index in [4.69, 9.17) is 26.3 Å². The SMILES string of the molecule is COc1cc(C#N)ccc1OCc1ccc(Cl)c([N+](=O)[O-])c1. The molecule has 0 radical (unpaired) electrons. The lowest BCUT2D eigenvalue weighted by Crippen LogP contribution is -1.99. The maximum Gasteiger partial charge on any atom is 0.288 e. The highest BCUT2D eigenvalue weighted by molar-refractivity contribution is 6.32. The van der Waals surface area contributed by atoms with Crippen LogP contribution >= 0.6 is 11.6 Å². The molecule has 0 spiro atoms. The number of nitrogens with zero attached hydrogens (tertiary/aromatic N) is 2. The summed E-state index contributed by atoms with van der Waals surface area (Å²) in [5.74, 6) is 0.863. The molecule has 0 aliphatic rings. The van der Waals surface area contributed by atoms with Crippen molar-refractivity contribution in [2.24, 2.45) is 0 Å². The van der Waals surface area contributed by atoms with Crippen LogP contribution in [0.3, 0.4) is 0 Å². The molecular formula is C15H11ClN2O4. The van der Waals surface area contributed by atoms with Crippen LogP contribution in [0, 0.1) is 21.4 Å². The normalized spacial score (nSPS) is 9.86. The molecule has 0 unspecified atom stereocenters. The van der Waals surface area contributed by atoms with E-state index in [-0.39, 0.29) is 17.3 Å². The second-order valence-corrected chi connectivity index (χ2v) is 4.72. The van der Waals surface area contributed by atoms with E-state index in [0.717, 1.165) is 0 Å². The fourth-order valence-electron chi connectivity index (χ4n) is 1.81. The van der Waals surface area contributed by atoms with Crippen LogP contribution in [-0.4, -0.2) is 12.0 Å². The van der Waals surface area contributed by atoms with Gasteiger partial charge in [-0.3, -0.25) is 10.1 Å². The summed E-state index contributed by atoms with van der Waals surface area (Å²) in [6, 6.07) is 11.2. The van der Waals surface area contributed by atoms with E-state index in [0.29, 0.717) is 22.6 Å². The highest BCUT2D eigenvalue weighted by Gasteiger charge is 2.13. The third-order valence-corrected chi connectivity index (χ3v) is 3.21. The molecule has 0 fully saturated rings. The van der Waals surface area contributed by atoms with Crippen molar-refractivity contribution < 1.29 is 14.4 Å². The highest BCUT2D eigenvalue weighted by atomic mass is 35.5. The molecule has 0 heterocycles. The van der Waals surface area contributed by atoms with Crippen LogP contribution in [0.2, 0.25) is 5.02 Å². The second kappa shape index (κ2) is 6.78. The Balaban J connectivity index is 2.19. The number of ether oxygens (including phenoxy) is 2. The van der Waals surface area contributed by atoms with Gasteiger partial charge in [0, 0.05) is 12.1 Å². The van der Waals surface area contributed by atoms with Crippen molar-refractivity contribution in [3.63, 3.8) is 0 Å². The monoisotopic (exact) mass is 318 g/mol. The Morgan fingerprint density at radius 1 is 1.27 bits per heavy atom. The summed E-state index contributed by atoms with van der Waals surface area (Å²) >= 11 is 5.76. The van der Waals surface area contributed by atoms with Crippen LogP contribution < -0.4 is 9.47 Å². The van der Waals surface area contributed by atoms with E-state index >= 15 is 0 Å². The van der Waals surface area contributed by atoms with Gasteiger partial charge in [-0.2, -0.15) is 5.26 Å². The number of nitro groups is 1. The minimum atomic E-state index is -0.547. The van der Waals surface area contributed by atoms with Crippen molar-refractivity contribution >= 4 is 17.3 Å². The first kappa shape index (κ1) is 15.6. The molecule has 0 N–H and O–H groups in total. The molecular weight excluding hydrogens is 308 g/mol. The number of nitriles is 1. The van der Waals surface area contributed by atoms with Crippen LogP contribution in [0.15, 0.2) is 36.4 Å². The minimum Gasteiger partial charge on any atom is -0.493 e. The quantitative estimate of drug-likeness (QED) is 0.619. The van der Waals surface area contributed by atoms with Gasteiger partial charge < -0.3 is 9.47 Å². The fraction of sp³-hybridized carbons (Fsp3) is 0.133. The molecule has 22 heavy (non-hydrogen) atoms. The summed E-state index contributed by atoms with van der Waals surface area (Å²) < 4.78 is 10.7. The van der Waals surface area contributed by atoms with Crippen molar-refractivity contribution in [1.82, 2.24) is 0 Å². The molecule has 0 aliphatic carbocycles. The van der Waals surface area contributed by atoms with Gasteiger partial charge in [0.2, 0.25) is 0 Å². The number of nitro benzene ring substituents is 1. The summed E-state index contributed by atoms with van der Waals surface area (Å²) in [7, 11) is 1.47. The van der Waals surface area contributed by atoms with Crippen molar-refractivity contribution in [3.8, 4) is 17.6 Å². The lowest BCUT2D eigenvalue weighted by molar-refractivity contribution is -0.384. The zero-order valence-electron chi connectivity index (χ0n) is 11.6. The molecule has 0 bridgehead atoms. The van der Waals surface area contributed by atoms with E-state index in [1.807, 2.05) is 6.07 Å². The maximum atomic E-state index is 10.8. The predicted octanol–water partition coefficient (Wildman–Crippen LogP) is 3.71. The maximum absolute atomic E-state index is 10.8. The number of hydrogen-bond donors (Lipinski definition) is 0. The van der Waals surface area contributed by atoms with Gasteiger partial charge in [0.05, 0.1) is 23.7 Å². The molecule has 0 saturated heterocycles. The van der Waals surface area contributed by atoms with Crippen molar-refractivity contribution in [2.45, 2.75) is 6.61 Å². The molecule has 0 aliphatic heterocycles. The Morgan fingerprint density at radius 3 is 2.68 bits per heavy atom. The summed E-state index contributed by atoms with van der Waals surface area (Å²) in [6.45, 7) is 0.111. The molecule has 2 aromatic rings. The van der Waals surface area contributed by atoms with Gasteiger partial charge >= 0.3 is 0 Å². The average molecular weight is 319 g/mol. The average Bonchev–Trinajstić information content (AvgIpc) is 2.53. The van der Waals surface area contributed by atoms with Crippen LogP contribution in [0.5, 0.6) is 11.5 Å². The Kier molecular flexibility index (Phi) is 4.81. The molecule has 0 aromatic heterocycles. The third-order valence-electron chi connectivity index (χ3n) is 2.89. The van der Waals surface area contributed by atoms with E-state index in [2.05, 4.69) is 0 Å². The number of benzene rings is 2. The van der Waals surface area contributed by atoms with E-state index in [9.17, 15) is 10.1 Å². The Hall–Kier alpha value is -2.78. The van der Waals surface area contributed by atoms with Gasteiger partial charge in [-0.15, -0.1) is 0 Å². The number of methoxy groups -OCH3 is 1. The first-order valence-electron chi connectivity index (χ1n) is 6.19. The van der Waals surface area contributed by atoms with Gasteiger partial charge in [0.1, 0.15) is 11.6 Å². The predicted molar refractivity (Wildman–Crippen MR) is 80.1 cm³/mol.